The van der Waals surface area contributed by atoms with Gasteiger partial charge >= 0.3 is 0 Å². The molecule has 140 valence electrons. The van der Waals surface area contributed by atoms with Crippen molar-refractivity contribution in [3.8, 4) is 11.5 Å². The van der Waals surface area contributed by atoms with Gasteiger partial charge in [-0.25, -0.2) is 0 Å². The minimum absolute atomic E-state index is 0.0205. The molecule has 1 unspecified atom stereocenters. The van der Waals surface area contributed by atoms with Gasteiger partial charge in [0.25, 0.3) is 5.91 Å². The molecule has 27 heavy (non-hydrogen) atoms. The molecule has 4 rings (SSSR count). The van der Waals surface area contributed by atoms with Crippen molar-refractivity contribution < 1.29 is 14.3 Å². The molecule has 2 aromatic carbocycles. The SMILES string of the molecule is COc1ccc(OC(C)C(=O)N2CCc3[nH]c4ccc(Cl)cc4c3C2)cc1. The number of halogens is 1. The average Bonchev–Trinajstić information content (AvgIpc) is 3.05. The summed E-state index contributed by atoms with van der Waals surface area (Å²) in [7, 11) is 1.62. The van der Waals surface area contributed by atoms with Crippen LogP contribution in [0.25, 0.3) is 10.9 Å². The summed E-state index contributed by atoms with van der Waals surface area (Å²) >= 11 is 6.16. The molecule has 0 radical (unpaired) electrons. The van der Waals surface area contributed by atoms with Crippen LogP contribution < -0.4 is 9.47 Å². The van der Waals surface area contributed by atoms with E-state index in [1.54, 1.807) is 26.2 Å². The molecular weight excluding hydrogens is 364 g/mol. The number of aromatic amines is 1. The first-order valence-electron chi connectivity index (χ1n) is 8.93. The third kappa shape index (κ3) is 3.47. The zero-order valence-electron chi connectivity index (χ0n) is 15.3. The van der Waals surface area contributed by atoms with Crippen molar-refractivity contribution in [1.82, 2.24) is 9.88 Å². The lowest BCUT2D eigenvalue weighted by Gasteiger charge is -2.29. The molecule has 6 heteroatoms. The Balaban J connectivity index is 1.49. The number of amides is 1. The first kappa shape index (κ1) is 17.7. The minimum atomic E-state index is -0.561. The largest absolute Gasteiger partial charge is 0.497 e. The quantitative estimate of drug-likeness (QED) is 0.734. The molecule has 0 saturated carbocycles. The lowest BCUT2D eigenvalue weighted by Crippen LogP contribution is -2.43. The number of carbonyl (C=O) groups excluding carboxylic acids is 1. The van der Waals surface area contributed by atoms with E-state index >= 15 is 0 Å². The molecule has 1 amide bonds. The number of nitrogens with zero attached hydrogens (tertiary/aromatic N) is 1. The van der Waals surface area contributed by atoms with Crippen LogP contribution in [0.2, 0.25) is 5.02 Å². The average molecular weight is 385 g/mol. The van der Waals surface area contributed by atoms with Crippen LogP contribution >= 0.6 is 11.6 Å². The molecule has 2 heterocycles. The fourth-order valence-corrected chi connectivity index (χ4v) is 3.71. The van der Waals surface area contributed by atoms with Crippen molar-refractivity contribution in [3.63, 3.8) is 0 Å². The smallest absolute Gasteiger partial charge is 0.263 e. The predicted octanol–water partition coefficient (Wildman–Crippen LogP) is 4.18. The van der Waals surface area contributed by atoms with Crippen molar-refractivity contribution in [3.05, 3.63) is 58.7 Å². The monoisotopic (exact) mass is 384 g/mol. The Kier molecular flexibility index (Phi) is 4.70. The highest BCUT2D eigenvalue weighted by molar-refractivity contribution is 6.31. The number of rotatable bonds is 4. The summed E-state index contributed by atoms with van der Waals surface area (Å²) < 4.78 is 11.0. The zero-order chi connectivity index (χ0) is 19.0. The second-order valence-electron chi connectivity index (χ2n) is 6.72. The summed E-state index contributed by atoms with van der Waals surface area (Å²) in [6.07, 6.45) is 0.233. The molecule has 0 fully saturated rings. The van der Waals surface area contributed by atoms with Gasteiger partial charge in [0.2, 0.25) is 0 Å². The Morgan fingerprint density at radius 3 is 2.67 bits per heavy atom. The number of nitrogens with one attached hydrogen (secondary N) is 1. The maximum atomic E-state index is 12.9. The topological polar surface area (TPSA) is 54.6 Å². The van der Waals surface area contributed by atoms with Crippen molar-refractivity contribution in [2.24, 2.45) is 0 Å². The minimum Gasteiger partial charge on any atom is -0.497 e. The van der Waals surface area contributed by atoms with Crippen molar-refractivity contribution in [2.75, 3.05) is 13.7 Å². The molecule has 1 aromatic heterocycles. The number of carbonyl (C=O) groups is 1. The van der Waals surface area contributed by atoms with Gasteiger partial charge < -0.3 is 19.4 Å². The van der Waals surface area contributed by atoms with E-state index in [0.29, 0.717) is 23.9 Å². The summed E-state index contributed by atoms with van der Waals surface area (Å²) in [6, 6.07) is 13.1. The third-order valence-corrected chi connectivity index (χ3v) is 5.20. The zero-order valence-corrected chi connectivity index (χ0v) is 16.0. The van der Waals surface area contributed by atoms with Crippen LogP contribution in [0.4, 0.5) is 0 Å². The van der Waals surface area contributed by atoms with E-state index in [4.69, 9.17) is 21.1 Å². The highest BCUT2D eigenvalue weighted by atomic mass is 35.5. The molecule has 0 bridgehead atoms. The van der Waals surface area contributed by atoms with E-state index in [0.717, 1.165) is 28.6 Å². The Hall–Kier alpha value is -2.66. The number of hydrogen-bond donors (Lipinski definition) is 1. The number of aromatic nitrogens is 1. The third-order valence-electron chi connectivity index (χ3n) is 4.97. The summed E-state index contributed by atoms with van der Waals surface area (Å²) in [6.45, 7) is 3.02. The van der Waals surface area contributed by atoms with Crippen molar-refractivity contribution in [1.29, 1.82) is 0 Å². The lowest BCUT2D eigenvalue weighted by atomic mass is 10.0. The van der Waals surface area contributed by atoms with E-state index in [-0.39, 0.29) is 5.91 Å². The Morgan fingerprint density at radius 2 is 1.93 bits per heavy atom. The number of H-pyrrole nitrogens is 1. The first-order chi connectivity index (χ1) is 13.0. The molecule has 1 aliphatic rings. The van der Waals surface area contributed by atoms with Gasteiger partial charge in [0, 0.05) is 46.7 Å². The van der Waals surface area contributed by atoms with Gasteiger partial charge in [-0.1, -0.05) is 11.6 Å². The maximum Gasteiger partial charge on any atom is 0.263 e. The van der Waals surface area contributed by atoms with Crippen LogP contribution in [-0.4, -0.2) is 35.5 Å². The van der Waals surface area contributed by atoms with Crippen LogP contribution in [0.5, 0.6) is 11.5 Å². The Bertz CT molecular complexity index is 981. The van der Waals surface area contributed by atoms with E-state index in [1.807, 2.05) is 35.2 Å². The van der Waals surface area contributed by atoms with Gasteiger partial charge in [-0.2, -0.15) is 0 Å². The summed E-state index contributed by atoms with van der Waals surface area (Å²) in [5.74, 6) is 1.38. The van der Waals surface area contributed by atoms with E-state index in [9.17, 15) is 4.79 Å². The van der Waals surface area contributed by atoms with Crippen molar-refractivity contribution in [2.45, 2.75) is 26.0 Å². The predicted molar refractivity (Wildman–Crippen MR) is 106 cm³/mol. The second-order valence-corrected chi connectivity index (χ2v) is 7.15. The summed E-state index contributed by atoms with van der Waals surface area (Å²) in [5.41, 5.74) is 3.38. The molecule has 3 aromatic rings. The number of methoxy groups -OCH3 is 1. The van der Waals surface area contributed by atoms with Gasteiger partial charge in [-0.15, -0.1) is 0 Å². The van der Waals surface area contributed by atoms with Crippen molar-refractivity contribution >= 4 is 28.4 Å². The molecule has 1 aliphatic heterocycles. The molecule has 1 atom stereocenters. The van der Waals surface area contributed by atoms with E-state index in [2.05, 4.69) is 4.98 Å². The highest BCUT2D eigenvalue weighted by Crippen LogP contribution is 2.30. The lowest BCUT2D eigenvalue weighted by molar-refractivity contribution is -0.138. The second kappa shape index (κ2) is 7.16. The van der Waals surface area contributed by atoms with Crippen LogP contribution in [0.1, 0.15) is 18.2 Å². The molecule has 0 saturated heterocycles. The van der Waals surface area contributed by atoms with Crippen LogP contribution in [-0.2, 0) is 17.8 Å². The van der Waals surface area contributed by atoms with Gasteiger partial charge in [-0.05, 0) is 49.4 Å². The fourth-order valence-electron chi connectivity index (χ4n) is 3.54. The molecular formula is C21H21ClN2O3. The fraction of sp³-hybridized carbons (Fsp3) is 0.286. The molecule has 0 aliphatic carbocycles. The Morgan fingerprint density at radius 1 is 1.19 bits per heavy atom. The standard InChI is InChI=1S/C21H21ClN2O3/c1-13(27-16-6-4-15(26-2)5-7-16)21(25)24-10-9-20-18(12-24)17-11-14(22)3-8-19(17)23-20/h3-8,11,13,23H,9-10,12H2,1-2H3. The number of fused-ring (bicyclic) bond motifs is 3. The summed E-state index contributed by atoms with van der Waals surface area (Å²) in [5, 5.41) is 1.78. The Labute approximate surface area is 162 Å². The van der Waals surface area contributed by atoms with Gasteiger partial charge in [0.15, 0.2) is 6.10 Å². The number of ether oxygens (including phenoxy) is 2. The van der Waals surface area contributed by atoms with Gasteiger partial charge in [-0.3, -0.25) is 4.79 Å². The van der Waals surface area contributed by atoms with Crippen LogP contribution in [0.15, 0.2) is 42.5 Å². The number of benzene rings is 2. The normalized spacial score (nSPS) is 14.7. The highest BCUT2D eigenvalue weighted by Gasteiger charge is 2.28. The summed E-state index contributed by atoms with van der Waals surface area (Å²) in [4.78, 5) is 18.2. The van der Waals surface area contributed by atoms with Gasteiger partial charge in [0.1, 0.15) is 11.5 Å². The van der Waals surface area contributed by atoms with Crippen LogP contribution in [0, 0.1) is 0 Å². The van der Waals surface area contributed by atoms with E-state index in [1.165, 1.54) is 5.69 Å². The van der Waals surface area contributed by atoms with Gasteiger partial charge in [0.05, 0.1) is 7.11 Å². The maximum absolute atomic E-state index is 12.9. The van der Waals surface area contributed by atoms with E-state index < -0.39 is 6.10 Å². The molecule has 5 nitrogen and oxygen atoms in total. The molecule has 0 spiro atoms. The first-order valence-corrected chi connectivity index (χ1v) is 9.31. The molecule has 1 N–H and O–H groups in total. The van der Waals surface area contributed by atoms with Crippen LogP contribution in [0.3, 0.4) is 0 Å². The number of hydrogen-bond acceptors (Lipinski definition) is 3.